The van der Waals surface area contributed by atoms with E-state index in [1.54, 1.807) is 0 Å². The van der Waals surface area contributed by atoms with Crippen LogP contribution in [0.5, 0.6) is 0 Å². The van der Waals surface area contributed by atoms with Crippen LogP contribution in [0.2, 0.25) is 0 Å². The van der Waals surface area contributed by atoms with E-state index in [1.165, 1.54) is 14.2 Å². The molecule has 4 nitrogen and oxygen atoms in total. The summed E-state index contributed by atoms with van der Waals surface area (Å²) in [5.41, 5.74) is 1.11. The molecular formula is C11H14O4. The van der Waals surface area contributed by atoms with Crippen molar-refractivity contribution in [2.75, 3.05) is 14.2 Å². The number of carbonyl (C=O) groups excluding carboxylic acids is 2. The van der Waals surface area contributed by atoms with Crippen molar-refractivity contribution < 1.29 is 19.1 Å². The Labute approximate surface area is 88.2 Å². The maximum absolute atomic E-state index is 11.5. The van der Waals surface area contributed by atoms with Crippen LogP contribution < -0.4 is 0 Å². The molecule has 2 unspecified atom stereocenters. The number of hydrogen-bond donors (Lipinski definition) is 0. The maximum atomic E-state index is 11.5. The number of esters is 2. The van der Waals surface area contributed by atoms with E-state index in [0.717, 1.165) is 19.3 Å². The molecule has 0 aromatic rings. The lowest BCUT2D eigenvalue weighted by atomic mass is 9.92. The molecule has 0 spiro atoms. The van der Waals surface area contributed by atoms with E-state index in [1.807, 2.05) is 0 Å². The van der Waals surface area contributed by atoms with Crippen LogP contribution in [0.25, 0.3) is 0 Å². The van der Waals surface area contributed by atoms with Crippen LogP contribution >= 0.6 is 0 Å². The fourth-order valence-electron chi connectivity index (χ4n) is 2.72. The van der Waals surface area contributed by atoms with Crippen LogP contribution in [0, 0.1) is 11.8 Å². The summed E-state index contributed by atoms with van der Waals surface area (Å²) in [4.78, 5) is 23.1. The average molecular weight is 210 g/mol. The summed E-state index contributed by atoms with van der Waals surface area (Å²) in [5.74, 6) is -0.335. The van der Waals surface area contributed by atoms with Crippen LogP contribution in [0.4, 0.5) is 0 Å². The first-order valence-corrected chi connectivity index (χ1v) is 5.09. The second-order valence-electron chi connectivity index (χ2n) is 4.02. The molecule has 1 fully saturated rings. The maximum Gasteiger partial charge on any atom is 0.334 e. The van der Waals surface area contributed by atoms with Crippen molar-refractivity contribution in [1.29, 1.82) is 0 Å². The van der Waals surface area contributed by atoms with Crippen LogP contribution in [-0.2, 0) is 19.1 Å². The molecule has 4 heteroatoms. The van der Waals surface area contributed by atoms with Gasteiger partial charge in [0, 0.05) is 0 Å². The van der Waals surface area contributed by atoms with Crippen LogP contribution in [0.1, 0.15) is 19.3 Å². The van der Waals surface area contributed by atoms with Crippen molar-refractivity contribution in [3.05, 3.63) is 11.1 Å². The van der Waals surface area contributed by atoms with Gasteiger partial charge in [0.05, 0.1) is 25.4 Å². The van der Waals surface area contributed by atoms with E-state index >= 15 is 0 Å². The van der Waals surface area contributed by atoms with Crippen LogP contribution in [0.3, 0.4) is 0 Å². The predicted octanol–water partition coefficient (Wildman–Crippen LogP) is 1.06. The summed E-state index contributed by atoms with van der Waals surface area (Å²) in [6.07, 6.45) is 2.86. The molecule has 2 bridgehead atoms. The van der Waals surface area contributed by atoms with Crippen molar-refractivity contribution in [1.82, 2.24) is 0 Å². The molecule has 0 saturated heterocycles. The minimum absolute atomic E-state index is 0.205. The van der Waals surface area contributed by atoms with E-state index in [2.05, 4.69) is 0 Å². The van der Waals surface area contributed by atoms with E-state index in [4.69, 9.17) is 9.47 Å². The van der Waals surface area contributed by atoms with Crippen LogP contribution in [0.15, 0.2) is 11.1 Å². The van der Waals surface area contributed by atoms with Crippen molar-refractivity contribution in [2.45, 2.75) is 19.3 Å². The second-order valence-corrected chi connectivity index (χ2v) is 4.02. The number of fused-ring (bicyclic) bond motifs is 2. The number of methoxy groups -OCH3 is 2. The molecule has 0 heterocycles. The Balaban J connectivity index is 2.39. The molecule has 0 aromatic carbocycles. The van der Waals surface area contributed by atoms with Gasteiger partial charge in [0.1, 0.15) is 0 Å². The Morgan fingerprint density at radius 3 is 1.73 bits per heavy atom. The van der Waals surface area contributed by atoms with Gasteiger partial charge in [-0.15, -0.1) is 0 Å². The first kappa shape index (κ1) is 10.2. The number of ether oxygens (including phenoxy) is 2. The molecule has 0 aliphatic heterocycles. The second kappa shape index (κ2) is 3.68. The van der Waals surface area contributed by atoms with E-state index in [9.17, 15) is 9.59 Å². The van der Waals surface area contributed by atoms with Crippen molar-refractivity contribution in [3.63, 3.8) is 0 Å². The standard InChI is InChI=1S/C11H14O4/c1-14-10(12)8-6-3-4-7(5-6)9(8)11(13)15-2/h6-7H,3-5H2,1-2H3. The molecule has 1 saturated carbocycles. The first-order valence-electron chi connectivity index (χ1n) is 5.09. The van der Waals surface area contributed by atoms with E-state index in [-0.39, 0.29) is 23.8 Å². The minimum Gasteiger partial charge on any atom is -0.466 e. The van der Waals surface area contributed by atoms with Gasteiger partial charge < -0.3 is 9.47 Å². The third-order valence-electron chi connectivity index (χ3n) is 3.35. The molecule has 2 aliphatic carbocycles. The van der Waals surface area contributed by atoms with Gasteiger partial charge in [0.25, 0.3) is 0 Å². The number of hydrogen-bond acceptors (Lipinski definition) is 4. The van der Waals surface area contributed by atoms with Gasteiger partial charge in [-0.2, -0.15) is 0 Å². The Kier molecular flexibility index (Phi) is 2.50. The monoisotopic (exact) mass is 210 g/mol. The highest BCUT2D eigenvalue weighted by Gasteiger charge is 2.45. The van der Waals surface area contributed by atoms with Gasteiger partial charge in [-0.25, -0.2) is 9.59 Å². The fourth-order valence-corrected chi connectivity index (χ4v) is 2.72. The van der Waals surface area contributed by atoms with Gasteiger partial charge in [0.2, 0.25) is 0 Å². The summed E-state index contributed by atoms with van der Waals surface area (Å²) in [5, 5.41) is 0. The summed E-state index contributed by atoms with van der Waals surface area (Å²) in [6, 6.07) is 0. The quantitative estimate of drug-likeness (QED) is 0.639. The molecule has 0 radical (unpaired) electrons. The Bertz CT molecular complexity index is 310. The molecule has 15 heavy (non-hydrogen) atoms. The molecule has 2 atom stereocenters. The Morgan fingerprint density at radius 2 is 1.40 bits per heavy atom. The highest BCUT2D eigenvalue weighted by molar-refractivity contribution is 6.02. The highest BCUT2D eigenvalue weighted by Crippen LogP contribution is 2.49. The third-order valence-corrected chi connectivity index (χ3v) is 3.35. The highest BCUT2D eigenvalue weighted by atomic mass is 16.5. The zero-order valence-corrected chi connectivity index (χ0v) is 8.91. The summed E-state index contributed by atoms with van der Waals surface area (Å²) >= 11 is 0. The van der Waals surface area contributed by atoms with Gasteiger partial charge in [-0.3, -0.25) is 0 Å². The Morgan fingerprint density at radius 1 is 1.00 bits per heavy atom. The minimum atomic E-state index is -0.373. The van der Waals surface area contributed by atoms with Crippen molar-refractivity contribution >= 4 is 11.9 Å². The summed E-state index contributed by atoms with van der Waals surface area (Å²) in [6.45, 7) is 0. The molecule has 2 rings (SSSR count). The molecule has 2 aliphatic rings. The first-order chi connectivity index (χ1) is 7.19. The molecular weight excluding hydrogens is 196 g/mol. The number of carbonyl (C=O) groups is 2. The smallest absolute Gasteiger partial charge is 0.334 e. The molecule has 0 amide bonds. The Hall–Kier alpha value is -1.32. The zero-order valence-electron chi connectivity index (χ0n) is 8.91. The normalized spacial score (nSPS) is 28.1. The lowest BCUT2D eigenvalue weighted by molar-refractivity contribution is -0.140. The predicted molar refractivity (Wildman–Crippen MR) is 51.9 cm³/mol. The van der Waals surface area contributed by atoms with Crippen molar-refractivity contribution in [2.24, 2.45) is 11.8 Å². The summed E-state index contributed by atoms with van der Waals surface area (Å²) in [7, 11) is 2.69. The summed E-state index contributed by atoms with van der Waals surface area (Å²) < 4.78 is 9.41. The molecule has 0 N–H and O–H groups in total. The number of rotatable bonds is 2. The van der Waals surface area contributed by atoms with Gasteiger partial charge in [-0.1, -0.05) is 0 Å². The molecule has 0 aromatic heterocycles. The fraction of sp³-hybridized carbons (Fsp3) is 0.636. The average Bonchev–Trinajstić information content (AvgIpc) is 2.86. The van der Waals surface area contributed by atoms with Crippen LogP contribution in [-0.4, -0.2) is 26.2 Å². The topological polar surface area (TPSA) is 52.6 Å². The largest absolute Gasteiger partial charge is 0.466 e. The SMILES string of the molecule is COC(=O)C1=C(C(=O)OC)C2CCC1C2. The lowest BCUT2D eigenvalue weighted by Gasteiger charge is -2.16. The van der Waals surface area contributed by atoms with E-state index < -0.39 is 0 Å². The zero-order chi connectivity index (χ0) is 11.0. The molecule has 82 valence electrons. The van der Waals surface area contributed by atoms with Gasteiger partial charge >= 0.3 is 11.9 Å². The van der Waals surface area contributed by atoms with Crippen molar-refractivity contribution in [3.8, 4) is 0 Å². The van der Waals surface area contributed by atoms with E-state index in [0.29, 0.717) is 11.1 Å². The van der Waals surface area contributed by atoms with Gasteiger partial charge in [0.15, 0.2) is 0 Å². The third kappa shape index (κ3) is 1.44. The van der Waals surface area contributed by atoms with Gasteiger partial charge in [-0.05, 0) is 31.1 Å². The lowest BCUT2D eigenvalue weighted by Crippen LogP contribution is -2.19.